The van der Waals surface area contributed by atoms with Crippen LogP contribution in [0.3, 0.4) is 0 Å². The summed E-state index contributed by atoms with van der Waals surface area (Å²) in [6.45, 7) is 0.317. The molecule has 0 aliphatic carbocycles. The highest BCUT2D eigenvalue weighted by Crippen LogP contribution is 2.25. The van der Waals surface area contributed by atoms with Crippen LogP contribution in [0.25, 0.3) is 10.9 Å². The molecule has 0 aliphatic rings. The number of aromatic nitrogens is 1. The van der Waals surface area contributed by atoms with Gasteiger partial charge in [-0.15, -0.1) is 0 Å². The normalized spacial score (nSPS) is 10.4. The number of hydrogen-bond acceptors (Lipinski definition) is 6. The second-order valence-corrected chi connectivity index (χ2v) is 5.48. The number of benzene rings is 2. The maximum atomic E-state index is 13.5. The van der Waals surface area contributed by atoms with E-state index < -0.39 is 16.6 Å². The minimum Gasteiger partial charge on any atom is -0.489 e. The van der Waals surface area contributed by atoms with Crippen molar-refractivity contribution in [2.24, 2.45) is 0 Å². The van der Waals surface area contributed by atoms with E-state index >= 15 is 0 Å². The van der Waals surface area contributed by atoms with Crippen LogP contribution in [0.2, 0.25) is 0 Å². The lowest BCUT2D eigenvalue weighted by molar-refractivity contribution is -0.384. The molecule has 27 heavy (non-hydrogen) atoms. The summed E-state index contributed by atoms with van der Waals surface area (Å²) >= 11 is 0. The number of ether oxygens (including phenoxy) is 1. The Labute approximate surface area is 152 Å². The van der Waals surface area contributed by atoms with E-state index in [-0.39, 0.29) is 30.2 Å². The Hall–Kier alpha value is -3.80. The summed E-state index contributed by atoms with van der Waals surface area (Å²) in [6, 6.07) is 10.5. The van der Waals surface area contributed by atoms with Crippen LogP contribution >= 0.6 is 0 Å². The van der Waals surface area contributed by atoms with Gasteiger partial charge in [0.25, 0.3) is 5.69 Å². The van der Waals surface area contributed by atoms with Crippen LogP contribution in [0.15, 0.2) is 42.5 Å². The Morgan fingerprint density at radius 1 is 1.22 bits per heavy atom. The van der Waals surface area contributed by atoms with E-state index in [4.69, 9.17) is 4.74 Å². The van der Waals surface area contributed by atoms with Crippen molar-refractivity contribution in [3.05, 3.63) is 69.8 Å². The standard InChI is InChI=1S/C18H12F2N4O3/c19-12-1-4-17(15(20)8-12)27-6-5-22-18-7-11(10-21)14-9-13(24(25)26)2-3-16(14)23-18/h1-4,7-9H,5-6H2,(H,22,23). The van der Waals surface area contributed by atoms with Crippen LogP contribution in [0, 0.1) is 33.1 Å². The molecular formula is C18H12F2N4O3. The smallest absolute Gasteiger partial charge is 0.270 e. The fraction of sp³-hybridized carbons (Fsp3) is 0.111. The first-order chi connectivity index (χ1) is 13.0. The third-order valence-corrected chi connectivity index (χ3v) is 3.68. The largest absolute Gasteiger partial charge is 0.489 e. The highest BCUT2D eigenvalue weighted by molar-refractivity contribution is 5.88. The third kappa shape index (κ3) is 4.07. The highest BCUT2D eigenvalue weighted by atomic mass is 19.1. The Kier molecular flexibility index (Phi) is 5.08. The van der Waals surface area contributed by atoms with Gasteiger partial charge in [0.15, 0.2) is 11.6 Å². The van der Waals surface area contributed by atoms with Gasteiger partial charge < -0.3 is 10.1 Å². The molecule has 0 bridgehead atoms. The summed E-state index contributed by atoms with van der Waals surface area (Å²) in [5, 5.41) is 23.5. The molecule has 0 saturated carbocycles. The van der Waals surface area contributed by atoms with E-state index in [9.17, 15) is 24.2 Å². The summed E-state index contributed by atoms with van der Waals surface area (Å²) in [4.78, 5) is 14.6. The number of nitriles is 1. The molecule has 1 heterocycles. The molecule has 0 radical (unpaired) electrons. The molecule has 2 aromatic carbocycles. The molecule has 136 valence electrons. The number of rotatable bonds is 6. The van der Waals surface area contributed by atoms with Crippen LogP contribution in [0.4, 0.5) is 20.3 Å². The number of halogens is 2. The first-order valence-corrected chi connectivity index (χ1v) is 7.79. The molecule has 0 saturated heterocycles. The van der Waals surface area contributed by atoms with E-state index in [2.05, 4.69) is 10.3 Å². The van der Waals surface area contributed by atoms with Crippen molar-refractivity contribution in [1.82, 2.24) is 4.98 Å². The van der Waals surface area contributed by atoms with Gasteiger partial charge in [0.05, 0.1) is 28.6 Å². The summed E-state index contributed by atoms with van der Waals surface area (Å²) in [6.07, 6.45) is 0. The Morgan fingerprint density at radius 3 is 2.74 bits per heavy atom. The van der Waals surface area contributed by atoms with E-state index in [0.29, 0.717) is 16.7 Å². The van der Waals surface area contributed by atoms with Gasteiger partial charge in [0, 0.05) is 23.6 Å². The minimum absolute atomic E-state index is 0.0738. The van der Waals surface area contributed by atoms with Crippen LogP contribution in [-0.4, -0.2) is 23.1 Å². The molecule has 1 N–H and O–H groups in total. The third-order valence-electron chi connectivity index (χ3n) is 3.68. The zero-order valence-corrected chi connectivity index (χ0v) is 13.8. The highest BCUT2D eigenvalue weighted by Gasteiger charge is 2.11. The molecular weight excluding hydrogens is 358 g/mol. The van der Waals surface area contributed by atoms with Crippen LogP contribution in [0.1, 0.15) is 5.56 Å². The van der Waals surface area contributed by atoms with Gasteiger partial charge in [-0.25, -0.2) is 13.8 Å². The first-order valence-electron chi connectivity index (χ1n) is 7.79. The molecule has 0 amide bonds. The predicted molar refractivity (Wildman–Crippen MR) is 93.5 cm³/mol. The Balaban J connectivity index is 1.71. The van der Waals surface area contributed by atoms with E-state index in [1.807, 2.05) is 6.07 Å². The van der Waals surface area contributed by atoms with Gasteiger partial charge in [-0.2, -0.15) is 5.26 Å². The molecule has 0 spiro atoms. The van der Waals surface area contributed by atoms with Gasteiger partial charge in [-0.1, -0.05) is 0 Å². The molecule has 0 aliphatic heterocycles. The molecule has 0 fully saturated rings. The van der Waals surface area contributed by atoms with Gasteiger partial charge >= 0.3 is 0 Å². The number of non-ortho nitro benzene ring substituents is 1. The van der Waals surface area contributed by atoms with Gasteiger partial charge in [-0.05, 0) is 24.3 Å². The lowest BCUT2D eigenvalue weighted by Gasteiger charge is -2.10. The molecule has 9 heteroatoms. The van der Waals surface area contributed by atoms with Crippen LogP contribution < -0.4 is 10.1 Å². The van der Waals surface area contributed by atoms with Gasteiger partial charge in [0.1, 0.15) is 18.2 Å². The number of nitro benzene ring substituents is 1. The van der Waals surface area contributed by atoms with E-state index in [1.54, 1.807) is 0 Å². The van der Waals surface area contributed by atoms with Crippen LogP contribution in [-0.2, 0) is 0 Å². The van der Waals surface area contributed by atoms with Crippen molar-refractivity contribution in [3.8, 4) is 11.8 Å². The van der Waals surface area contributed by atoms with Gasteiger partial charge in [-0.3, -0.25) is 10.1 Å². The molecule has 7 nitrogen and oxygen atoms in total. The predicted octanol–water partition coefficient (Wildman–Crippen LogP) is 3.78. The zero-order chi connectivity index (χ0) is 19.4. The number of fused-ring (bicyclic) bond motifs is 1. The average molecular weight is 370 g/mol. The lowest BCUT2D eigenvalue weighted by atomic mass is 10.1. The van der Waals surface area contributed by atoms with Gasteiger partial charge in [0.2, 0.25) is 0 Å². The second-order valence-electron chi connectivity index (χ2n) is 5.48. The molecule has 3 rings (SSSR count). The number of pyridine rings is 1. The lowest BCUT2D eigenvalue weighted by Crippen LogP contribution is -2.13. The molecule has 1 aromatic heterocycles. The number of nitro groups is 1. The first kappa shape index (κ1) is 18.0. The average Bonchev–Trinajstić information content (AvgIpc) is 2.65. The maximum Gasteiger partial charge on any atom is 0.270 e. The summed E-state index contributed by atoms with van der Waals surface area (Å²) in [5.74, 6) is -1.19. The monoisotopic (exact) mass is 370 g/mol. The van der Waals surface area contributed by atoms with E-state index in [0.717, 1.165) is 12.1 Å². The van der Waals surface area contributed by atoms with Crippen molar-refractivity contribution in [2.75, 3.05) is 18.5 Å². The second kappa shape index (κ2) is 7.61. The quantitative estimate of drug-likeness (QED) is 0.402. The number of hydrogen-bond donors (Lipinski definition) is 1. The number of anilines is 1. The fourth-order valence-corrected chi connectivity index (χ4v) is 2.44. The molecule has 3 aromatic rings. The minimum atomic E-state index is -0.799. The SMILES string of the molecule is N#Cc1cc(NCCOc2ccc(F)cc2F)nc2ccc([N+](=O)[O-])cc12. The van der Waals surface area contributed by atoms with Crippen LogP contribution in [0.5, 0.6) is 5.75 Å². The van der Waals surface area contributed by atoms with Crippen molar-refractivity contribution in [2.45, 2.75) is 0 Å². The number of nitrogens with zero attached hydrogens (tertiary/aromatic N) is 3. The zero-order valence-electron chi connectivity index (χ0n) is 13.8. The summed E-state index contributed by atoms with van der Waals surface area (Å²) in [5.41, 5.74) is 0.528. The molecule has 0 atom stereocenters. The summed E-state index contributed by atoms with van der Waals surface area (Å²) in [7, 11) is 0. The maximum absolute atomic E-state index is 13.5. The van der Waals surface area contributed by atoms with Crippen molar-refractivity contribution >= 4 is 22.4 Å². The van der Waals surface area contributed by atoms with E-state index in [1.165, 1.54) is 30.3 Å². The van der Waals surface area contributed by atoms with Crippen molar-refractivity contribution in [3.63, 3.8) is 0 Å². The molecule has 0 unspecified atom stereocenters. The van der Waals surface area contributed by atoms with Crippen molar-refractivity contribution in [1.29, 1.82) is 5.26 Å². The fourth-order valence-electron chi connectivity index (χ4n) is 2.44. The number of nitrogens with one attached hydrogen (secondary N) is 1. The van der Waals surface area contributed by atoms with Crippen molar-refractivity contribution < 1.29 is 18.4 Å². The topological polar surface area (TPSA) is 101 Å². The Morgan fingerprint density at radius 2 is 2.04 bits per heavy atom. The summed E-state index contributed by atoms with van der Waals surface area (Å²) < 4.78 is 31.6. The Bertz CT molecular complexity index is 1070.